The summed E-state index contributed by atoms with van der Waals surface area (Å²) in [7, 11) is 0. The Morgan fingerprint density at radius 1 is 1.15 bits per heavy atom. The van der Waals surface area contributed by atoms with Gasteiger partial charge in [-0.1, -0.05) is 18.2 Å². The van der Waals surface area contributed by atoms with E-state index in [1.807, 2.05) is 0 Å². The third-order valence-corrected chi connectivity index (χ3v) is 4.32. The van der Waals surface area contributed by atoms with E-state index in [-0.39, 0.29) is 11.7 Å². The summed E-state index contributed by atoms with van der Waals surface area (Å²) in [6.45, 7) is 0. The van der Waals surface area contributed by atoms with Gasteiger partial charge in [-0.15, -0.1) is 16.4 Å². The molecular formula is C17H11FN6OS. The first-order chi connectivity index (χ1) is 12.7. The number of tetrazole rings is 1. The lowest BCUT2D eigenvalue weighted by molar-refractivity contribution is 0.102. The fraction of sp³-hybridized carbons (Fsp3) is 0. The Balaban J connectivity index is 1.53. The third-order valence-electron chi connectivity index (χ3n) is 3.57. The molecular weight excluding hydrogens is 355 g/mol. The maximum absolute atomic E-state index is 13.3. The number of halogens is 1. The SMILES string of the molecule is O=C(Nc1nc(-c2cccc(F)c2)cs1)c1cccc(-n2cnnn2)c1. The molecule has 0 saturated heterocycles. The molecule has 0 aliphatic rings. The van der Waals surface area contributed by atoms with Crippen molar-refractivity contribution in [3.05, 3.63) is 71.6 Å². The molecule has 4 aromatic rings. The Labute approximate surface area is 151 Å². The van der Waals surface area contributed by atoms with Crippen molar-refractivity contribution in [1.29, 1.82) is 0 Å². The zero-order chi connectivity index (χ0) is 17.9. The summed E-state index contributed by atoms with van der Waals surface area (Å²) in [6.07, 6.45) is 1.45. The molecule has 2 aromatic heterocycles. The Morgan fingerprint density at radius 3 is 2.85 bits per heavy atom. The van der Waals surface area contributed by atoms with Crippen molar-refractivity contribution in [1.82, 2.24) is 25.2 Å². The highest BCUT2D eigenvalue weighted by Crippen LogP contribution is 2.25. The van der Waals surface area contributed by atoms with Gasteiger partial charge >= 0.3 is 0 Å². The van der Waals surface area contributed by atoms with Crippen LogP contribution in [0.3, 0.4) is 0 Å². The lowest BCUT2D eigenvalue weighted by Crippen LogP contribution is -2.12. The van der Waals surface area contributed by atoms with Gasteiger partial charge in [-0.25, -0.2) is 14.1 Å². The minimum atomic E-state index is -0.333. The molecule has 4 rings (SSSR count). The van der Waals surface area contributed by atoms with Gasteiger partial charge < -0.3 is 0 Å². The van der Waals surface area contributed by atoms with Gasteiger partial charge in [0.25, 0.3) is 5.91 Å². The second-order valence-corrected chi connectivity index (χ2v) is 6.17. The first kappa shape index (κ1) is 16.0. The van der Waals surface area contributed by atoms with Gasteiger partial charge in [-0.3, -0.25) is 10.1 Å². The second-order valence-electron chi connectivity index (χ2n) is 5.31. The Kier molecular flexibility index (Phi) is 4.20. The van der Waals surface area contributed by atoms with Gasteiger partial charge in [0.2, 0.25) is 0 Å². The number of anilines is 1. The van der Waals surface area contributed by atoms with Crippen LogP contribution in [-0.2, 0) is 0 Å². The fourth-order valence-electron chi connectivity index (χ4n) is 2.35. The van der Waals surface area contributed by atoms with E-state index in [0.29, 0.717) is 27.6 Å². The maximum atomic E-state index is 13.3. The monoisotopic (exact) mass is 366 g/mol. The van der Waals surface area contributed by atoms with Crippen LogP contribution >= 0.6 is 11.3 Å². The summed E-state index contributed by atoms with van der Waals surface area (Å²) >= 11 is 1.27. The summed E-state index contributed by atoms with van der Waals surface area (Å²) in [5, 5.41) is 15.9. The molecule has 9 heteroatoms. The highest BCUT2D eigenvalue weighted by Gasteiger charge is 2.11. The van der Waals surface area contributed by atoms with Crippen LogP contribution in [0, 0.1) is 5.82 Å². The summed E-state index contributed by atoms with van der Waals surface area (Å²) in [4.78, 5) is 16.8. The molecule has 2 aromatic carbocycles. The van der Waals surface area contributed by atoms with Crippen LogP contribution in [0.4, 0.5) is 9.52 Å². The lowest BCUT2D eigenvalue weighted by Gasteiger charge is -2.04. The smallest absolute Gasteiger partial charge is 0.257 e. The van der Waals surface area contributed by atoms with Crippen molar-refractivity contribution in [2.45, 2.75) is 0 Å². The summed E-state index contributed by atoms with van der Waals surface area (Å²) in [5.41, 5.74) is 2.37. The number of thiazole rings is 1. The van der Waals surface area contributed by atoms with Crippen molar-refractivity contribution >= 4 is 22.4 Å². The molecule has 2 heterocycles. The number of nitrogens with zero attached hydrogens (tertiary/aromatic N) is 5. The van der Waals surface area contributed by atoms with Crippen molar-refractivity contribution in [2.24, 2.45) is 0 Å². The van der Waals surface area contributed by atoms with Crippen LogP contribution in [0.1, 0.15) is 10.4 Å². The highest BCUT2D eigenvalue weighted by atomic mass is 32.1. The quantitative estimate of drug-likeness (QED) is 0.600. The van der Waals surface area contributed by atoms with Crippen LogP contribution in [0.5, 0.6) is 0 Å². The van der Waals surface area contributed by atoms with Gasteiger partial charge in [0.1, 0.15) is 12.1 Å². The van der Waals surface area contributed by atoms with E-state index in [2.05, 4.69) is 25.8 Å². The first-order valence-electron chi connectivity index (χ1n) is 7.55. The summed E-state index contributed by atoms with van der Waals surface area (Å²) < 4.78 is 14.8. The van der Waals surface area contributed by atoms with Gasteiger partial charge in [-0.05, 0) is 40.8 Å². The Morgan fingerprint density at radius 2 is 2.04 bits per heavy atom. The maximum Gasteiger partial charge on any atom is 0.257 e. The first-order valence-corrected chi connectivity index (χ1v) is 8.43. The minimum Gasteiger partial charge on any atom is -0.298 e. The summed E-state index contributed by atoms with van der Waals surface area (Å²) in [6, 6.07) is 13.0. The van der Waals surface area contributed by atoms with Crippen molar-refractivity contribution < 1.29 is 9.18 Å². The fourth-order valence-corrected chi connectivity index (χ4v) is 3.06. The Hall–Kier alpha value is -3.46. The van der Waals surface area contributed by atoms with Crippen LogP contribution < -0.4 is 5.32 Å². The van der Waals surface area contributed by atoms with E-state index in [4.69, 9.17) is 0 Å². The summed E-state index contributed by atoms with van der Waals surface area (Å²) in [5.74, 6) is -0.638. The molecule has 1 amide bonds. The lowest BCUT2D eigenvalue weighted by atomic mass is 10.2. The zero-order valence-corrected chi connectivity index (χ0v) is 14.0. The van der Waals surface area contributed by atoms with Crippen molar-refractivity contribution in [3.8, 4) is 16.9 Å². The molecule has 0 bridgehead atoms. The predicted molar refractivity (Wildman–Crippen MR) is 94.6 cm³/mol. The van der Waals surface area contributed by atoms with Crippen LogP contribution in [0.25, 0.3) is 16.9 Å². The largest absolute Gasteiger partial charge is 0.298 e. The average molecular weight is 366 g/mol. The number of hydrogen-bond acceptors (Lipinski definition) is 6. The van der Waals surface area contributed by atoms with Gasteiger partial charge in [0.15, 0.2) is 5.13 Å². The number of benzene rings is 2. The number of nitrogens with one attached hydrogen (secondary N) is 1. The average Bonchev–Trinajstić information content (AvgIpc) is 3.34. The van der Waals surface area contributed by atoms with Crippen LogP contribution in [0.2, 0.25) is 0 Å². The molecule has 0 spiro atoms. The van der Waals surface area contributed by atoms with E-state index in [1.54, 1.807) is 41.8 Å². The number of carbonyl (C=O) groups is 1. The molecule has 0 atom stereocenters. The van der Waals surface area contributed by atoms with E-state index >= 15 is 0 Å². The Bertz CT molecular complexity index is 1060. The van der Waals surface area contributed by atoms with Gasteiger partial charge in [0.05, 0.1) is 11.4 Å². The molecule has 0 fully saturated rings. The minimum absolute atomic E-state index is 0.305. The van der Waals surface area contributed by atoms with Crippen LogP contribution in [0.15, 0.2) is 60.2 Å². The molecule has 7 nitrogen and oxygen atoms in total. The van der Waals surface area contributed by atoms with Crippen LogP contribution in [-0.4, -0.2) is 31.1 Å². The molecule has 26 heavy (non-hydrogen) atoms. The normalized spacial score (nSPS) is 10.7. The van der Waals surface area contributed by atoms with Crippen molar-refractivity contribution in [3.63, 3.8) is 0 Å². The highest BCUT2D eigenvalue weighted by molar-refractivity contribution is 7.14. The molecule has 0 radical (unpaired) electrons. The van der Waals surface area contributed by atoms with E-state index in [0.717, 1.165) is 0 Å². The van der Waals surface area contributed by atoms with E-state index in [9.17, 15) is 9.18 Å². The van der Waals surface area contributed by atoms with E-state index < -0.39 is 0 Å². The molecule has 0 aliphatic carbocycles. The standard InChI is InChI=1S/C17H11FN6OS/c18-13-5-1-3-11(7-13)15-9-26-17(20-15)21-16(25)12-4-2-6-14(8-12)24-10-19-22-23-24/h1-10H,(H,20,21,25). The van der Waals surface area contributed by atoms with Crippen molar-refractivity contribution in [2.75, 3.05) is 5.32 Å². The predicted octanol–water partition coefficient (Wildman–Crippen LogP) is 3.18. The topological polar surface area (TPSA) is 85.6 Å². The third kappa shape index (κ3) is 3.33. The second kappa shape index (κ2) is 6.81. The number of aromatic nitrogens is 5. The molecule has 1 N–H and O–H groups in total. The van der Waals surface area contributed by atoms with Gasteiger partial charge in [0, 0.05) is 16.5 Å². The zero-order valence-electron chi connectivity index (χ0n) is 13.2. The molecule has 0 saturated carbocycles. The number of amides is 1. The molecule has 0 unspecified atom stereocenters. The molecule has 128 valence electrons. The number of hydrogen-bond donors (Lipinski definition) is 1. The van der Waals surface area contributed by atoms with E-state index in [1.165, 1.54) is 34.5 Å². The molecule has 0 aliphatic heterocycles. The number of carbonyl (C=O) groups excluding carboxylic acids is 1. The number of rotatable bonds is 4. The van der Waals surface area contributed by atoms with Gasteiger partial charge in [-0.2, -0.15) is 0 Å².